The largest absolute Gasteiger partial charge is 0.346 e. The number of hydrogen-bond acceptors (Lipinski definition) is 1. The van der Waals surface area contributed by atoms with Crippen LogP contribution in [0.25, 0.3) is 0 Å². The van der Waals surface area contributed by atoms with Gasteiger partial charge in [0, 0.05) is 10.0 Å². The number of halogens is 2. The van der Waals surface area contributed by atoms with Crippen LogP contribution in [0.4, 0.5) is 4.39 Å². The summed E-state index contributed by atoms with van der Waals surface area (Å²) in [5.74, 6) is -0.530. The van der Waals surface area contributed by atoms with E-state index in [1.165, 1.54) is 18.2 Å². The van der Waals surface area contributed by atoms with Crippen LogP contribution in [0.2, 0.25) is 0 Å². The summed E-state index contributed by atoms with van der Waals surface area (Å²) in [5, 5.41) is 2.92. The van der Waals surface area contributed by atoms with Crippen molar-refractivity contribution in [2.45, 2.75) is 19.9 Å². The fourth-order valence-corrected chi connectivity index (χ4v) is 2.26. The summed E-state index contributed by atoms with van der Waals surface area (Å²) in [6.07, 6.45) is 0. The average molecular weight is 336 g/mol. The molecule has 2 rings (SSSR count). The molecule has 104 valence electrons. The molecule has 0 radical (unpaired) electrons. The maximum Gasteiger partial charge on any atom is 0.252 e. The van der Waals surface area contributed by atoms with E-state index in [0.29, 0.717) is 11.1 Å². The molecule has 1 N–H and O–H groups in total. The summed E-state index contributed by atoms with van der Waals surface area (Å²) < 4.78 is 14.0. The molecule has 0 aliphatic rings. The third kappa shape index (κ3) is 3.45. The van der Waals surface area contributed by atoms with Crippen molar-refractivity contribution in [2.24, 2.45) is 0 Å². The number of hydrogen-bond donors (Lipinski definition) is 1. The zero-order valence-corrected chi connectivity index (χ0v) is 12.9. The Balaban J connectivity index is 2.13. The van der Waals surface area contributed by atoms with Crippen molar-refractivity contribution in [3.05, 3.63) is 69.4 Å². The van der Waals surface area contributed by atoms with Crippen LogP contribution in [0.3, 0.4) is 0 Å². The van der Waals surface area contributed by atoms with Crippen molar-refractivity contribution in [3.63, 3.8) is 0 Å². The van der Waals surface area contributed by atoms with E-state index in [1.807, 2.05) is 31.2 Å². The summed E-state index contributed by atoms with van der Waals surface area (Å²) in [5.41, 5.74) is 2.14. The fraction of sp³-hybridized carbons (Fsp3) is 0.188. The van der Waals surface area contributed by atoms with Crippen LogP contribution in [0.15, 0.2) is 46.9 Å². The van der Waals surface area contributed by atoms with E-state index in [1.54, 1.807) is 6.92 Å². The molecular formula is C16H15BrFNO. The first-order valence-corrected chi connectivity index (χ1v) is 7.09. The lowest BCUT2D eigenvalue weighted by atomic mass is 10.1. The monoisotopic (exact) mass is 335 g/mol. The Kier molecular flexibility index (Phi) is 4.55. The van der Waals surface area contributed by atoms with Gasteiger partial charge in [-0.05, 0) is 55.3 Å². The Bertz CT molecular complexity index is 625. The van der Waals surface area contributed by atoms with Gasteiger partial charge in [-0.2, -0.15) is 0 Å². The van der Waals surface area contributed by atoms with Gasteiger partial charge in [0.25, 0.3) is 5.91 Å². The number of amides is 1. The van der Waals surface area contributed by atoms with E-state index < -0.39 is 0 Å². The third-order valence-electron chi connectivity index (χ3n) is 3.15. The summed E-state index contributed by atoms with van der Waals surface area (Å²) in [6.45, 7) is 3.64. The molecule has 1 amide bonds. The minimum atomic E-state index is -0.333. The number of aryl methyl sites for hydroxylation is 1. The van der Waals surface area contributed by atoms with Crippen LogP contribution in [0.5, 0.6) is 0 Å². The molecule has 0 unspecified atom stereocenters. The predicted octanol–water partition coefficient (Wildman–Crippen LogP) is 4.39. The molecule has 0 bridgehead atoms. The van der Waals surface area contributed by atoms with Gasteiger partial charge in [0.2, 0.25) is 0 Å². The number of rotatable bonds is 3. The lowest BCUT2D eigenvalue weighted by Gasteiger charge is -2.15. The van der Waals surface area contributed by atoms with Crippen LogP contribution >= 0.6 is 15.9 Å². The summed E-state index contributed by atoms with van der Waals surface area (Å²) in [7, 11) is 0. The Morgan fingerprint density at radius 1 is 1.20 bits per heavy atom. The van der Waals surface area contributed by atoms with Crippen molar-refractivity contribution in [2.75, 3.05) is 0 Å². The zero-order valence-electron chi connectivity index (χ0n) is 11.3. The second kappa shape index (κ2) is 6.18. The summed E-state index contributed by atoms with van der Waals surface area (Å²) >= 11 is 3.38. The van der Waals surface area contributed by atoms with E-state index in [-0.39, 0.29) is 17.8 Å². The van der Waals surface area contributed by atoms with Gasteiger partial charge in [-0.25, -0.2) is 4.39 Å². The van der Waals surface area contributed by atoms with E-state index in [2.05, 4.69) is 21.2 Å². The van der Waals surface area contributed by atoms with Gasteiger partial charge in [0.15, 0.2) is 0 Å². The van der Waals surface area contributed by atoms with Gasteiger partial charge in [0.05, 0.1) is 6.04 Å². The Hall–Kier alpha value is -1.68. The molecule has 1 atom stereocenters. The van der Waals surface area contributed by atoms with Crippen LogP contribution in [-0.4, -0.2) is 5.91 Å². The van der Waals surface area contributed by atoms with Gasteiger partial charge < -0.3 is 5.32 Å². The molecule has 0 fully saturated rings. The Labute approximate surface area is 126 Å². The quantitative estimate of drug-likeness (QED) is 0.885. The first-order valence-electron chi connectivity index (χ1n) is 6.30. The molecule has 0 saturated heterocycles. The van der Waals surface area contributed by atoms with Crippen molar-refractivity contribution < 1.29 is 9.18 Å². The lowest BCUT2D eigenvalue weighted by Crippen LogP contribution is -2.27. The SMILES string of the molecule is Cc1cc(F)ccc1C(=O)N[C@@H](C)c1ccc(Br)cc1. The van der Waals surface area contributed by atoms with Gasteiger partial charge in [-0.1, -0.05) is 28.1 Å². The van der Waals surface area contributed by atoms with Crippen molar-refractivity contribution in [1.82, 2.24) is 5.32 Å². The standard InChI is InChI=1S/C16H15BrFNO/c1-10-9-14(18)7-8-15(10)16(20)19-11(2)12-3-5-13(17)6-4-12/h3-9,11H,1-2H3,(H,19,20)/t11-/m0/s1. The molecule has 0 saturated carbocycles. The molecule has 0 aliphatic heterocycles. The molecule has 2 aromatic rings. The van der Waals surface area contributed by atoms with Crippen molar-refractivity contribution in [3.8, 4) is 0 Å². The van der Waals surface area contributed by atoms with E-state index >= 15 is 0 Å². The van der Waals surface area contributed by atoms with Gasteiger partial charge in [-0.15, -0.1) is 0 Å². The number of benzene rings is 2. The molecule has 2 nitrogen and oxygen atoms in total. The molecule has 0 spiro atoms. The minimum absolute atomic E-state index is 0.111. The van der Waals surface area contributed by atoms with E-state index in [0.717, 1.165) is 10.0 Å². The number of nitrogens with one attached hydrogen (secondary N) is 1. The molecular weight excluding hydrogens is 321 g/mol. The zero-order chi connectivity index (χ0) is 14.7. The average Bonchev–Trinajstić information content (AvgIpc) is 2.39. The summed E-state index contributed by atoms with van der Waals surface area (Å²) in [6, 6.07) is 11.8. The lowest BCUT2D eigenvalue weighted by molar-refractivity contribution is 0.0939. The van der Waals surface area contributed by atoms with Crippen molar-refractivity contribution in [1.29, 1.82) is 0 Å². The predicted molar refractivity (Wildman–Crippen MR) is 81.2 cm³/mol. The number of carbonyl (C=O) groups excluding carboxylic acids is 1. The maximum atomic E-state index is 13.0. The first-order chi connectivity index (χ1) is 9.47. The molecule has 4 heteroatoms. The van der Waals surface area contributed by atoms with E-state index in [9.17, 15) is 9.18 Å². The minimum Gasteiger partial charge on any atom is -0.346 e. The first kappa shape index (κ1) is 14.7. The smallest absolute Gasteiger partial charge is 0.252 e. The molecule has 2 aromatic carbocycles. The Morgan fingerprint density at radius 3 is 2.45 bits per heavy atom. The van der Waals surface area contributed by atoms with Crippen LogP contribution < -0.4 is 5.32 Å². The highest BCUT2D eigenvalue weighted by Gasteiger charge is 2.13. The van der Waals surface area contributed by atoms with Crippen LogP contribution in [-0.2, 0) is 0 Å². The van der Waals surface area contributed by atoms with E-state index in [4.69, 9.17) is 0 Å². The molecule has 20 heavy (non-hydrogen) atoms. The Morgan fingerprint density at radius 2 is 1.85 bits per heavy atom. The second-order valence-corrected chi connectivity index (χ2v) is 5.62. The topological polar surface area (TPSA) is 29.1 Å². The normalized spacial score (nSPS) is 12.0. The van der Waals surface area contributed by atoms with Gasteiger partial charge in [-0.3, -0.25) is 4.79 Å². The van der Waals surface area contributed by atoms with Crippen LogP contribution in [0, 0.1) is 12.7 Å². The van der Waals surface area contributed by atoms with Crippen molar-refractivity contribution >= 4 is 21.8 Å². The van der Waals surface area contributed by atoms with Gasteiger partial charge >= 0.3 is 0 Å². The highest BCUT2D eigenvalue weighted by atomic mass is 79.9. The summed E-state index contributed by atoms with van der Waals surface area (Å²) in [4.78, 5) is 12.2. The highest BCUT2D eigenvalue weighted by Crippen LogP contribution is 2.18. The highest BCUT2D eigenvalue weighted by molar-refractivity contribution is 9.10. The molecule has 0 aliphatic carbocycles. The fourth-order valence-electron chi connectivity index (χ4n) is 1.99. The maximum absolute atomic E-state index is 13.0. The van der Waals surface area contributed by atoms with Gasteiger partial charge in [0.1, 0.15) is 5.82 Å². The van der Waals surface area contributed by atoms with Crippen LogP contribution in [0.1, 0.15) is 34.5 Å². The third-order valence-corrected chi connectivity index (χ3v) is 3.68. The second-order valence-electron chi connectivity index (χ2n) is 4.71. The molecule has 0 aromatic heterocycles. The molecule has 0 heterocycles. The number of carbonyl (C=O) groups is 1.